The van der Waals surface area contributed by atoms with E-state index < -0.39 is 10.0 Å². The van der Waals surface area contributed by atoms with E-state index in [1.165, 1.54) is 19.2 Å². The molecule has 3 rings (SSSR count). The molecule has 0 amide bonds. The summed E-state index contributed by atoms with van der Waals surface area (Å²) in [6, 6.07) is 17.0. The summed E-state index contributed by atoms with van der Waals surface area (Å²) in [6.07, 6.45) is 5.35. The van der Waals surface area contributed by atoms with Crippen molar-refractivity contribution in [3.63, 3.8) is 0 Å². The van der Waals surface area contributed by atoms with Gasteiger partial charge in [0.05, 0.1) is 24.8 Å². The number of nitrogens with one attached hydrogen (secondary N) is 1. The fourth-order valence-corrected chi connectivity index (χ4v) is 3.61. The molecule has 7 heteroatoms. The largest absolute Gasteiger partial charge is 0.497 e. The normalized spacial score (nSPS) is 11.4. The topological polar surface area (TPSA) is 77.5 Å². The number of pyridine rings is 1. The van der Waals surface area contributed by atoms with Crippen LogP contribution in [0.2, 0.25) is 0 Å². The number of methoxy groups -OCH3 is 2. The average molecular weight is 396 g/mol. The van der Waals surface area contributed by atoms with Gasteiger partial charge in [-0.2, -0.15) is 0 Å². The number of hydrogen-bond donors (Lipinski definition) is 1. The molecule has 1 heterocycles. The Morgan fingerprint density at radius 1 is 0.929 bits per heavy atom. The summed E-state index contributed by atoms with van der Waals surface area (Å²) < 4.78 is 38.3. The van der Waals surface area contributed by atoms with Gasteiger partial charge in [-0.25, -0.2) is 13.4 Å². The number of nitrogens with zero attached hydrogens (tertiary/aromatic N) is 1. The lowest BCUT2D eigenvalue weighted by Gasteiger charge is -2.11. The summed E-state index contributed by atoms with van der Waals surface area (Å²) in [4.78, 5) is 4.23. The number of para-hydroxylation sites is 1. The van der Waals surface area contributed by atoms with Gasteiger partial charge in [0.25, 0.3) is 10.0 Å². The van der Waals surface area contributed by atoms with Crippen LogP contribution in [0.25, 0.3) is 12.2 Å². The molecule has 0 atom stereocenters. The SMILES string of the molecule is COc1ccc(S(=O)(=O)Nc2ccccc2/C=C/c2ccnc(OC)c2)cc1. The van der Waals surface area contributed by atoms with E-state index in [1.807, 2.05) is 30.4 Å². The van der Waals surface area contributed by atoms with Crippen LogP contribution < -0.4 is 14.2 Å². The van der Waals surface area contributed by atoms with Crippen molar-refractivity contribution in [1.82, 2.24) is 4.98 Å². The molecule has 0 radical (unpaired) electrons. The van der Waals surface area contributed by atoms with Crippen molar-refractivity contribution >= 4 is 27.9 Å². The highest BCUT2D eigenvalue weighted by atomic mass is 32.2. The third-order valence-corrected chi connectivity index (χ3v) is 5.38. The molecule has 0 saturated carbocycles. The fraction of sp³-hybridized carbons (Fsp3) is 0.0952. The summed E-state index contributed by atoms with van der Waals surface area (Å²) in [5, 5.41) is 0. The first-order valence-electron chi connectivity index (χ1n) is 8.46. The van der Waals surface area contributed by atoms with Gasteiger partial charge < -0.3 is 9.47 Å². The van der Waals surface area contributed by atoms with Crippen molar-refractivity contribution in [3.05, 3.63) is 78.0 Å². The van der Waals surface area contributed by atoms with Crippen LogP contribution in [0.4, 0.5) is 5.69 Å². The molecule has 28 heavy (non-hydrogen) atoms. The first-order valence-corrected chi connectivity index (χ1v) is 9.94. The summed E-state index contributed by atoms with van der Waals surface area (Å²) >= 11 is 0. The van der Waals surface area contributed by atoms with Gasteiger partial charge in [0.2, 0.25) is 5.88 Å². The third-order valence-electron chi connectivity index (χ3n) is 4.00. The second-order valence-electron chi connectivity index (χ2n) is 5.83. The minimum Gasteiger partial charge on any atom is -0.497 e. The monoisotopic (exact) mass is 396 g/mol. The molecule has 0 aliphatic heterocycles. The second kappa shape index (κ2) is 8.58. The van der Waals surface area contributed by atoms with Gasteiger partial charge in [0.15, 0.2) is 0 Å². The molecule has 3 aromatic rings. The molecule has 0 fully saturated rings. The van der Waals surface area contributed by atoms with Crippen LogP contribution in [0.15, 0.2) is 71.8 Å². The molecule has 0 aliphatic carbocycles. The summed E-state index contributed by atoms with van der Waals surface area (Å²) in [6.45, 7) is 0. The van der Waals surface area contributed by atoms with Gasteiger partial charge in [-0.15, -0.1) is 0 Å². The number of ether oxygens (including phenoxy) is 2. The average Bonchev–Trinajstić information content (AvgIpc) is 2.73. The standard InChI is InChI=1S/C21H20N2O4S/c1-26-18-9-11-19(12-10-18)28(24,25)23-20-6-4-3-5-17(20)8-7-16-13-14-22-21(15-16)27-2/h3-15,23H,1-2H3/b8-7+. The smallest absolute Gasteiger partial charge is 0.261 e. The lowest BCUT2D eigenvalue weighted by atomic mass is 10.1. The van der Waals surface area contributed by atoms with Gasteiger partial charge >= 0.3 is 0 Å². The highest BCUT2D eigenvalue weighted by Gasteiger charge is 2.15. The second-order valence-corrected chi connectivity index (χ2v) is 7.52. The van der Waals surface area contributed by atoms with Crippen molar-refractivity contribution in [2.75, 3.05) is 18.9 Å². The van der Waals surface area contributed by atoms with Crippen LogP contribution in [-0.2, 0) is 10.0 Å². The van der Waals surface area contributed by atoms with Crippen LogP contribution in [0.3, 0.4) is 0 Å². The molecule has 1 N–H and O–H groups in total. The lowest BCUT2D eigenvalue weighted by molar-refractivity contribution is 0.398. The Hall–Kier alpha value is -3.32. The van der Waals surface area contributed by atoms with E-state index in [1.54, 1.807) is 43.6 Å². The Kier molecular flexibility index (Phi) is 5.96. The Morgan fingerprint density at radius 3 is 2.39 bits per heavy atom. The molecule has 0 unspecified atom stereocenters. The van der Waals surface area contributed by atoms with Gasteiger partial charge in [-0.1, -0.05) is 30.4 Å². The van der Waals surface area contributed by atoms with Crippen LogP contribution in [0.1, 0.15) is 11.1 Å². The number of aromatic nitrogens is 1. The van der Waals surface area contributed by atoms with Crippen molar-refractivity contribution < 1.29 is 17.9 Å². The maximum Gasteiger partial charge on any atom is 0.261 e. The van der Waals surface area contributed by atoms with Crippen LogP contribution in [0.5, 0.6) is 11.6 Å². The quantitative estimate of drug-likeness (QED) is 0.651. The van der Waals surface area contributed by atoms with Crippen LogP contribution >= 0.6 is 0 Å². The van der Waals surface area contributed by atoms with Crippen molar-refractivity contribution in [3.8, 4) is 11.6 Å². The first kappa shape index (κ1) is 19.4. The van der Waals surface area contributed by atoms with Crippen LogP contribution in [-0.4, -0.2) is 27.6 Å². The Bertz CT molecular complexity index is 1080. The van der Waals surface area contributed by atoms with Crippen molar-refractivity contribution in [2.45, 2.75) is 4.90 Å². The van der Waals surface area contributed by atoms with E-state index in [2.05, 4.69) is 9.71 Å². The molecule has 0 aliphatic rings. The predicted molar refractivity (Wildman–Crippen MR) is 110 cm³/mol. The molecule has 0 bridgehead atoms. The summed E-state index contributed by atoms with van der Waals surface area (Å²) in [7, 11) is -0.639. The van der Waals surface area contributed by atoms with Gasteiger partial charge in [-0.3, -0.25) is 4.72 Å². The lowest BCUT2D eigenvalue weighted by Crippen LogP contribution is -2.13. The zero-order valence-corrected chi connectivity index (χ0v) is 16.3. The van der Waals surface area contributed by atoms with E-state index in [4.69, 9.17) is 9.47 Å². The summed E-state index contributed by atoms with van der Waals surface area (Å²) in [5.74, 6) is 1.10. The highest BCUT2D eigenvalue weighted by Crippen LogP contribution is 2.23. The van der Waals surface area contributed by atoms with Gasteiger partial charge in [0.1, 0.15) is 5.75 Å². The van der Waals surface area contributed by atoms with E-state index >= 15 is 0 Å². The molecule has 144 valence electrons. The molecule has 0 spiro atoms. The number of benzene rings is 2. The van der Waals surface area contributed by atoms with E-state index in [9.17, 15) is 8.42 Å². The van der Waals surface area contributed by atoms with Gasteiger partial charge in [0, 0.05) is 12.3 Å². The summed E-state index contributed by atoms with van der Waals surface area (Å²) in [5.41, 5.74) is 2.10. The molecular weight excluding hydrogens is 376 g/mol. The third kappa shape index (κ3) is 4.69. The molecule has 0 saturated heterocycles. The minimum atomic E-state index is -3.72. The number of rotatable bonds is 7. The van der Waals surface area contributed by atoms with Crippen molar-refractivity contribution in [1.29, 1.82) is 0 Å². The predicted octanol–water partition coefficient (Wildman–Crippen LogP) is 4.07. The zero-order valence-electron chi connectivity index (χ0n) is 15.5. The molecular formula is C21H20N2O4S. The number of hydrogen-bond acceptors (Lipinski definition) is 5. The Morgan fingerprint density at radius 2 is 1.68 bits per heavy atom. The minimum absolute atomic E-state index is 0.158. The first-order chi connectivity index (χ1) is 13.5. The van der Waals surface area contributed by atoms with E-state index in [-0.39, 0.29) is 4.90 Å². The zero-order chi connectivity index (χ0) is 20.0. The van der Waals surface area contributed by atoms with Crippen LogP contribution in [0, 0.1) is 0 Å². The highest BCUT2D eigenvalue weighted by molar-refractivity contribution is 7.92. The Labute approximate surface area is 164 Å². The molecule has 6 nitrogen and oxygen atoms in total. The maximum atomic E-state index is 12.7. The molecule has 2 aromatic carbocycles. The number of anilines is 1. The van der Waals surface area contributed by atoms with Gasteiger partial charge in [-0.05, 0) is 47.5 Å². The molecule has 1 aromatic heterocycles. The van der Waals surface area contributed by atoms with Crippen molar-refractivity contribution in [2.24, 2.45) is 0 Å². The fourth-order valence-electron chi connectivity index (χ4n) is 2.52. The Balaban J connectivity index is 1.86. The maximum absolute atomic E-state index is 12.7. The van der Waals surface area contributed by atoms with E-state index in [0.29, 0.717) is 17.3 Å². The number of sulfonamides is 1. The van der Waals surface area contributed by atoms with E-state index in [0.717, 1.165) is 11.1 Å².